The van der Waals surface area contributed by atoms with Crippen LogP contribution in [0.15, 0.2) is 35.4 Å². The lowest BCUT2D eigenvalue weighted by atomic mass is 9.99. The summed E-state index contributed by atoms with van der Waals surface area (Å²) in [6, 6.07) is 6.19. The monoisotopic (exact) mass is 390 g/mol. The van der Waals surface area contributed by atoms with Crippen LogP contribution in [0.2, 0.25) is 0 Å². The van der Waals surface area contributed by atoms with E-state index in [2.05, 4.69) is 43.8 Å². The summed E-state index contributed by atoms with van der Waals surface area (Å²) in [5.41, 5.74) is 4.78. The molecule has 2 aliphatic heterocycles. The molecule has 7 nitrogen and oxygen atoms in total. The van der Waals surface area contributed by atoms with Gasteiger partial charge in [-0.05, 0) is 36.5 Å². The standard InChI is InChI=1S/C22H26N6O/c1-15-4-10-28(11-5-15)22-25-18-6-9-27(14-17(18)21(29)26-22)13-16-2-3-19-20(12-16)24-8-7-23-19/h2-3,7-8,12,15H,4-6,9-11,13-14H2,1H3,(H,25,26,29). The SMILES string of the molecule is CC1CCN(c2nc3c(c(=O)[nH]2)CN(Cc2ccc4nccnc4c2)CC3)CC1. The Labute approximate surface area is 169 Å². The quantitative estimate of drug-likeness (QED) is 0.740. The van der Waals surface area contributed by atoms with Crippen LogP contribution in [0.3, 0.4) is 0 Å². The van der Waals surface area contributed by atoms with Crippen LogP contribution in [0.5, 0.6) is 0 Å². The van der Waals surface area contributed by atoms with Gasteiger partial charge in [0.2, 0.25) is 5.95 Å². The highest BCUT2D eigenvalue weighted by Gasteiger charge is 2.24. The number of aromatic amines is 1. The van der Waals surface area contributed by atoms with Crippen molar-refractivity contribution in [3.05, 3.63) is 57.8 Å². The highest BCUT2D eigenvalue weighted by molar-refractivity contribution is 5.74. The third-order valence-electron chi connectivity index (χ3n) is 6.16. The van der Waals surface area contributed by atoms with E-state index in [1.165, 1.54) is 5.56 Å². The van der Waals surface area contributed by atoms with Crippen LogP contribution < -0.4 is 10.5 Å². The molecule has 0 radical (unpaired) electrons. The predicted molar refractivity (Wildman–Crippen MR) is 113 cm³/mol. The largest absolute Gasteiger partial charge is 0.342 e. The molecule has 1 saturated heterocycles. The van der Waals surface area contributed by atoms with Crippen molar-refractivity contribution in [1.29, 1.82) is 0 Å². The zero-order valence-electron chi connectivity index (χ0n) is 16.8. The van der Waals surface area contributed by atoms with Crippen LogP contribution in [0.1, 0.15) is 36.6 Å². The van der Waals surface area contributed by atoms with Gasteiger partial charge >= 0.3 is 0 Å². The number of nitrogens with zero attached hydrogens (tertiary/aromatic N) is 5. The van der Waals surface area contributed by atoms with Crippen molar-refractivity contribution in [3.8, 4) is 0 Å². The molecule has 2 aromatic heterocycles. The van der Waals surface area contributed by atoms with Gasteiger partial charge in [0.1, 0.15) is 0 Å². The number of nitrogens with one attached hydrogen (secondary N) is 1. The third kappa shape index (κ3) is 3.74. The Balaban J connectivity index is 1.33. The Morgan fingerprint density at radius 2 is 1.90 bits per heavy atom. The average Bonchev–Trinajstić information content (AvgIpc) is 2.74. The number of hydrogen-bond acceptors (Lipinski definition) is 6. The molecule has 0 atom stereocenters. The van der Waals surface area contributed by atoms with Gasteiger partial charge in [0.05, 0.1) is 22.3 Å². The Hall–Kier alpha value is -2.80. The first kappa shape index (κ1) is 18.2. The number of piperidine rings is 1. The fraction of sp³-hybridized carbons (Fsp3) is 0.455. The molecule has 29 heavy (non-hydrogen) atoms. The second-order valence-corrected chi connectivity index (χ2v) is 8.32. The fourth-order valence-corrected chi connectivity index (χ4v) is 4.34. The maximum atomic E-state index is 12.8. The Bertz CT molecular complexity index is 1090. The summed E-state index contributed by atoms with van der Waals surface area (Å²) < 4.78 is 0. The van der Waals surface area contributed by atoms with Crippen LogP contribution in [0, 0.1) is 5.92 Å². The van der Waals surface area contributed by atoms with E-state index in [-0.39, 0.29) is 5.56 Å². The number of fused-ring (bicyclic) bond motifs is 2. The van der Waals surface area contributed by atoms with Crippen LogP contribution in [-0.2, 0) is 19.5 Å². The van der Waals surface area contributed by atoms with Crippen molar-refractivity contribution in [2.24, 2.45) is 5.92 Å². The van der Waals surface area contributed by atoms with Crippen molar-refractivity contribution in [2.45, 2.75) is 39.3 Å². The zero-order chi connectivity index (χ0) is 19.8. The Kier molecular flexibility index (Phi) is 4.75. The van der Waals surface area contributed by atoms with E-state index in [4.69, 9.17) is 4.98 Å². The van der Waals surface area contributed by atoms with Gasteiger partial charge in [0.25, 0.3) is 5.56 Å². The van der Waals surface area contributed by atoms with E-state index in [0.29, 0.717) is 6.54 Å². The first-order valence-corrected chi connectivity index (χ1v) is 10.4. The number of benzene rings is 1. The number of H-pyrrole nitrogens is 1. The van der Waals surface area contributed by atoms with Crippen LogP contribution in [0.25, 0.3) is 11.0 Å². The van der Waals surface area contributed by atoms with Gasteiger partial charge in [-0.1, -0.05) is 13.0 Å². The highest BCUT2D eigenvalue weighted by atomic mass is 16.1. The van der Waals surface area contributed by atoms with Gasteiger partial charge in [-0.3, -0.25) is 24.6 Å². The number of aromatic nitrogens is 4. The minimum absolute atomic E-state index is 0.0118. The van der Waals surface area contributed by atoms with Crippen LogP contribution in [-0.4, -0.2) is 44.5 Å². The van der Waals surface area contributed by atoms with Crippen molar-refractivity contribution in [3.63, 3.8) is 0 Å². The van der Waals surface area contributed by atoms with Gasteiger partial charge in [0, 0.05) is 51.5 Å². The third-order valence-corrected chi connectivity index (χ3v) is 6.16. The maximum absolute atomic E-state index is 12.8. The molecule has 2 aliphatic rings. The molecule has 3 aromatic rings. The second kappa shape index (κ2) is 7.55. The van der Waals surface area contributed by atoms with E-state index in [0.717, 1.165) is 79.6 Å². The molecule has 7 heteroatoms. The van der Waals surface area contributed by atoms with Gasteiger partial charge in [0.15, 0.2) is 0 Å². The summed E-state index contributed by atoms with van der Waals surface area (Å²) in [5.74, 6) is 1.51. The molecular weight excluding hydrogens is 364 g/mol. The molecule has 1 fully saturated rings. The summed E-state index contributed by atoms with van der Waals surface area (Å²) in [6.45, 7) is 6.56. The number of hydrogen-bond donors (Lipinski definition) is 1. The minimum Gasteiger partial charge on any atom is -0.342 e. The predicted octanol–water partition coefficient (Wildman–Crippen LogP) is 2.51. The summed E-state index contributed by atoms with van der Waals surface area (Å²) in [4.78, 5) is 33.9. The van der Waals surface area contributed by atoms with Crippen molar-refractivity contribution in [1.82, 2.24) is 24.8 Å². The smallest absolute Gasteiger partial charge is 0.257 e. The fourth-order valence-electron chi connectivity index (χ4n) is 4.34. The first-order valence-electron chi connectivity index (χ1n) is 10.4. The Morgan fingerprint density at radius 3 is 2.72 bits per heavy atom. The van der Waals surface area contributed by atoms with E-state index >= 15 is 0 Å². The molecule has 5 rings (SSSR count). The molecule has 1 aromatic carbocycles. The van der Waals surface area contributed by atoms with Gasteiger partial charge in [-0.15, -0.1) is 0 Å². The Morgan fingerprint density at radius 1 is 1.10 bits per heavy atom. The molecule has 0 bridgehead atoms. The number of rotatable bonds is 3. The first-order chi connectivity index (χ1) is 14.2. The normalized spacial score (nSPS) is 18.2. The van der Waals surface area contributed by atoms with Crippen molar-refractivity contribution in [2.75, 3.05) is 24.5 Å². The molecule has 0 spiro atoms. The molecule has 0 amide bonds. The van der Waals surface area contributed by atoms with Crippen LogP contribution in [0.4, 0.5) is 5.95 Å². The van der Waals surface area contributed by atoms with Crippen LogP contribution >= 0.6 is 0 Å². The lowest BCUT2D eigenvalue weighted by Crippen LogP contribution is -2.39. The number of anilines is 1. The van der Waals surface area contributed by atoms with Gasteiger partial charge < -0.3 is 4.90 Å². The van der Waals surface area contributed by atoms with Gasteiger partial charge in [-0.2, -0.15) is 0 Å². The molecule has 0 saturated carbocycles. The minimum atomic E-state index is 0.0118. The zero-order valence-corrected chi connectivity index (χ0v) is 16.8. The molecule has 0 unspecified atom stereocenters. The van der Waals surface area contributed by atoms with E-state index < -0.39 is 0 Å². The van der Waals surface area contributed by atoms with Crippen molar-refractivity contribution >= 4 is 17.0 Å². The summed E-state index contributed by atoms with van der Waals surface area (Å²) >= 11 is 0. The molecule has 0 aliphatic carbocycles. The average molecular weight is 390 g/mol. The molecular formula is C22H26N6O. The summed E-state index contributed by atoms with van der Waals surface area (Å²) in [5, 5.41) is 0. The summed E-state index contributed by atoms with van der Waals surface area (Å²) in [7, 11) is 0. The molecule has 4 heterocycles. The lowest BCUT2D eigenvalue weighted by Gasteiger charge is -2.32. The van der Waals surface area contributed by atoms with Crippen molar-refractivity contribution < 1.29 is 0 Å². The van der Waals surface area contributed by atoms with Gasteiger partial charge in [-0.25, -0.2) is 4.98 Å². The van der Waals surface area contributed by atoms with E-state index in [9.17, 15) is 4.79 Å². The molecule has 1 N–H and O–H groups in total. The summed E-state index contributed by atoms with van der Waals surface area (Å²) in [6.07, 6.45) is 6.55. The highest BCUT2D eigenvalue weighted by Crippen LogP contribution is 2.22. The second-order valence-electron chi connectivity index (χ2n) is 8.32. The van der Waals surface area contributed by atoms with E-state index in [1.807, 2.05) is 6.07 Å². The maximum Gasteiger partial charge on any atom is 0.257 e. The lowest BCUT2D eigenvalue weighted by molar-refractivity contribution is 0.242. The molecule has 150 valence electrons. The topological polar surface area (TPSA) is 78.0 Å². The van der Waals surface area contributed by atoms with E-state index in [1.54, 1.807) is 12.4 Å².